The molecule has 1 atom stereocenters. The number of carbonyl (C=O) groups excluding carboxylic acids is 1. The van der Waals surface area contributed by atoms with Gasteiger partial charge < -0.3 is 5.32 Å². The first kappa shape index (κ1) is 19.1. The third kappa shape index (κ3) is 5.69. The van der Waals surface area contributed by atoms with Crippen molar-refractivity contribution in [3.8, 4) is 0 Å². The Kier molecular flexibility index (Phi) is 6.73. The number of rotatable bonds is 8. The van der Waals surface area contributed by atoms with Crippen molar-refractivity contribution in [2.75, 3.05) is 6.54 Å². The van der Waals surface area contributed by atoms with Crippen LogP contribution in [0.2, 0.25) is 0 Å². The first-order valence-corrected chi connectivity index (χ1v) is 9.85. The van der Waals surface area contributed by atoms with Gasteiger partial charge in [0.05, 0.1) is 4.90 Å². The van der Waals surface area contributed by atoms with E-state index in [1.165, 1.54) is 24.3 Å². The van der Waals surface area contributed by atoms with Crippen LogP contribution >= 0.6 is 0 Å². The average Bonchev–Trinajstić information content (AvgIpc) is 2.62. The minimum absolute atomic E-state index is 0.0792. The fourth-order valence-electron chi connectivity index (χ4n) is 2.25. The van der Waals surface area contributed by atoms with Crippen molar-refractivity contribution in [3.63, 3.8) is 0 Å². The molecule has 0 heterocycles. The molecule has 6 heteroatoms. The molecule has 2 aromatic carbocycles. The predicted molar refractivity (Wildman–Crippen MR) is 99.0 cm³/mol. The highest BCUT2D eigenvalue weighted by Crippen LogP contribution is 2.11. The van der Waals surface area contributed by atoms with Crippen molar-refractivity contribution >= 4 is 15.9 Å². The van der Waals surface area contributed by atoms with Crippen LogP contribution < -0.4 is 10.0 Å². The highest BCUT2D eigenvalue weighted by Gasteiger charge is 2.15. The highest BCUT2D eigenvalue weighted by atomic mass is 32.2. The molecule has 2 aromatic rings. The van der Waals surface area contributed by atoms with Gasteiger partial charge in [0.15, 0.2) is 0 Å². The first-order chi connectivity index (χ1) is 11.9. The molecule has 0 saturated heterocycles. The van der Waals surface area contributed by atoms with E-state index in [9.17, 15) is 13.2 Å². The molecule has 0 radical (unpaired) electrons. The Morgan fingerprint density at radius 1 is 1.04 bits per heavy atom. The van der Waals surface area contributed by atoms with E-state index >= 15 is 0 Å². The van der Waals surface area contributed by atoms with Gasteiger partial charge in [0.2, 0.25) is 10.0 Å². The van der Waals surface area contributed by atoms with Gasteiger partial charge in [-0.2, -0.15) is 0 Å². The summed E-state index contributed by atoms with van der Waals surface area (Å²) in [6.45, 7) is 4.23. The van der Waals surface area contributed by atoms with Crippen LogP contribution in [0.1, 0.15) is 36.2 Å². The van der Waals surface area contributed by atoms with Crippen LogP contribution in [0.25, 0.3) is 0 Å². The summed E-state index contributed by atoms with van der Waals surface area (Å²) >= 11 is 0. The van der Waals surface area contributed by atoms with E-state index in [0.717, 1.165) is 12.0 Å². The Balaban J connectivity index is 1.96. The average molecular weight is 360 g/mol. The molecule has 1 amide bonds. The van der Waals surface area contributed by atoms with E-state index < -0.39 is 10.0 Å². The summed E-state index contributed by atoms with van der Waals surface area (Å²) in [4.78, 5) is 12.2. The van der Waals surface area contributed by atoms with Gasteiger partial charge in [0.25, 0.3) is 5.91 Å². The maximum atomic E-state index is 12.3. The van der Waals surface area contributed by atoms with E-state index in [4.69, 9.17) is 0 Å². The van der Waals surface area contributed by atoms with Crippen molar-refractivity contribution < 1.29 is 13.2 Å². The topological polar surface area (TPSA) is 75.3 Å². The van der Waals surface area contributed by atoms with E-state index in [1.807, 2.05) is 44.2 Å². The minimum Gasteiger partial charge on any atom is -0.350 e. The minimum atomic E-state index is -3.58. The second kappa shape index (κ2) is 8.78. The largest absolute Gasteiger partial charge is 0.350 e. The molecule has 0 aliphatic rings. The van der Waals surface area contributed by atoms with Crippen molar-refractivity contribution in [2.24, 2.45) is 0 Å². The Bertz CT molecular complexity index is 787. The number of benzene rings is 2. The van der Waals surface area contributed by atoms with Crippen LogP contribution in [0.4, 0.5) is 0 Å². The molecule has 1 unspecified atom stereocenters. The van der Waals surface area contributed by atoms with E-state index in [2.05, 4.69) is 10.0 Å². The zero-order valence-corrected chi connectivity index (χ0v) is 15.3. The number of carbonyl (C=O) groups is 1. The Morgan fingerprint density at radius 3 is 2.28 bits per heavy atom. The fourth-order valence-corrected chi connectivity index (χ4v) is 3.28. The van der Waals surface area contributed by atoms with Gasteiger partial charge in [0.1, 0.15) is 0 Å². The number of hydrogen-bond acceptors (Lipinski definition) is 3. The SMILES string of the molecule is CCC(C)NC(=O)c1ccc(S(=O)(=O)NCCc2ccccc2)cc1. The van der Waals surface area contributed by atoms with Crippen LogP contribution in [0.3, 0.4) is 0 Å². The van der Waals surface area contributed by atoms with Crippen LogP contribution in [0.15, 0.2) is 59.5 Å². The smallest absolute Gasteiger partial charge is 0.251 e. The Hall–Kier alpha value is -2.18. The third-order valence-corrected chi connectivity index (χ3v) is 5.44. The third-order valence-electron chi connectivity index (χ3n) is 3.97. The summed E-state index contributed by atoms with van der Waals surface area (Å²) in [5, 5.41) is 2.85. The zero-order chi connectivity index (χ0) is 18.3. The lowest BCUT2D eigenvalue weighted by Crippen LogP contribution is -2.32. The van der Waals surface area contributed by atoms with Crippen molar-refractivity contribution in [1.29, 1.82) is 0 Å². The van der Waals surface area contributed by atoms with Gasteiger partial charge in [-0.05, 0) is 49.6 Å². The Morgan fingerprint density at radius 2 is 1.68 bits per heavy atom. The lowest BCUT2D eigenvalue weighted by Gasteiger charge is -2.12. The van der Waals surface area contributed by atoms with Crippen molar-refractivity contribution in [2.45, 2.75) is 37.6 Å². The molecular weight excluding hydrogens is 336 g/mol. The molecule has 0 aliphatic carbocycles. The van der Waals surface area contributed by atoms with Crippen LogP contribution in [0.5, 0.6) is 0 Å². The molecule has 0 bridgehead atoms. The highest BCUT2D eigenvalue weighted by molar-refractivity contribution is 7.89. The van der Waals surface area contributed by atoms with Gasteiger partial charge in [0, 0.05) is 18.2 Å². The van der Waals surface area contributed by atoms with Gasteiger partial charge >= 0.3 is 0 Å². The second-order valence-electron chi connectivity index (χ2n) is 5.94. The molecule has 0 fully saturated rings. The summed E-state index contributed by atoms with van der Waals surface area (Å²) < 4.78 is 27.2. The van der Waals surface area contributed by atoms with E-state index in [1.54, 1.807) is 0 Å². The second-order valence-corrected chi connectivity index (χ2v) is 7.71. The molecule has 0 aliphatic heterocycles. The Labute approximate surface area is 149 Å². The maximum absolute atomic E-state index is 12.3. The van der Waals surface area contributed by atoms with E-state index in [-0.39, 0.29) is 16.8 Å². The van der Waals surface area contributed by atoms with Gasteiger partial charge in [-0.1, -0.05) is 37.3 Å². The molecular formula is C19H24N2O3S. The molecule has 5 nitrogen and oxygen atoms in total. The molecule has 2 rings (SSSR count). The standard InChI is InChI=1S/C19H24N2O3S/c1-3-15(2)21-19(22)17-9-11-18(12-10-17)25(23,24)20-14-13-16-7-5-4-6-8-16/h4-12,15,20H,3,13-14H2,1-2H3,(H,21,22). The number of sulfonamides is 1. The summed E-state index contributed by atoms with van der Waals surface area (Å²) in [5.41, 5.74) is 1.52. The lowest BCUT2D eigenvalue weighted by atomic mass is 10.2. The summed E-state index contributed by atoms with van der Waals surface area (Å²) in [6.07, 6.45) is 1.46. The predicted octanol–water partition coefficient (Wildman–Crippen LogP) is 2.74. The number of hydrogen-bond donors (Lipinski definition) is 2. The van der Waals surface area contributed by atoms with Gasteiger partial charge in [-0.25, -0.2) is 13.1 Å². The number of amides is 1. The molecule has 2 N–H and O–H groups in total. The quantitative estimate of drug-likeness (QED) is 0.760. The van der Waals surface area contributed by atoms with Crippen LogP contribution in [-0.2, 0) is 16.4 Å². The summed E-state index contributed by atoms with van der Waals surface area (Å²) in [5.74, 6) is -0.199. The summed E-state index contributed by atoms with van der Waals surface area (Å²) in [6, 6.07) is 15.7. The fraction of sp³-hybridized carbons (Fsp3) is 0.316. The van der Waals surface area contributed by atoms with Crippen molar-refractivity contribution in [3.05, 3.63) is 65.7 Å². The number of nitrogens with one attached hydrogen (secondary N) is 2. The van der Waals surface area contributed by atoms with Crippen LogP contribution in [0, 0.1) is 0 Å². The lowest BCUT2D eigenvalue weighted by molar-refractivity contribution is 0.0939. The zero-order valence-electron chi connectivity index (χ0n) is 14.5. The molecule has 25 heavy (non-hydrogen) atoms. The molecule has 0 aromatic heterocycles. The van der Waals surface area contributed by atoms with E-state index in [0.29, 0.717) is 18.5 Å². The maximum Gasteiger partial charge on any atom is 0.251 e. The van der Waals surface area contributed by atoms with Gasteiger partial charge in [-0.15, -0.1) is 0 Å². The first-order valence-electron chi connectivity index (χ1n) is 8.37. The normalized spacial score (nSPS) is 12.6. The molecule has 0 saturated carbocycles. The monoisotopic (exact) mass is 360 g/mol. The van der Waals surface area contributed by atoms with Crippen LogP contribution in [-0.4, -0.2) is 26.9 Å². The molecule has 0 spiro atoms. The van der Waals surface area contributed by atoms with Gasteiger partial charge in [-0.3, -0.25) is 4.79 Å². The van der Waals surface area contributed by atoms with Crippen molar-refractivity contribution in [1.82, 2.24) is 10.0 Å². The molecule has 134 valence electrons. The summed E-state index contributed by atoms with van der Waals surface area (Å²) in [7, 11) is -3.58.